The molecule has 2 aliphatic carbocycles. The Morgan fingerprint density at radius 2 is 1.32 bits per heavy atom. The van der Waals surface area contributed by atoms with Gasteiger partial charge in [-0.3, -0.25) is 0 Å². The third-order valence-electron chi connectivity index (χ3n) is 9.45. The highest BCUT2D eigenvalue weighted by Gasteiger charge is 2.40. The molecule has 0 N–H and O–H groups in total. The van der Waals surface area contributed by atoms with E-state index in [-0.39, 0.29) is 5.82 Å². The first-order valence-corrected chi connectivity index (χ1v) is 15.5. The quantitative estimate of drug-likeness (QED) is 0.175. The van der Waals surface area contributed by atoms with Crippen LogP contribution in [0.15, 0.2) is 66.7 Å². The second kappa shape index (κ2) is 13.5. The van der Waals surface area contributed by atoms with Crippen LogP contribution in [0.1, 0.15) is 100 Å². The summed E-state index contributed by atoms with van der Waals surface area (Å²) < 4.78 is 63.8. The Labute approximate surface area is 242 Å². The Morgan fingerprint density at radius 3 is 1.93 bits per heavy atom. The summed E-state index contributed by atoms with van der Waals surface area (Å²) in [4.78, 5) is 0. The van der Waals surface area contributed by atoms with Crippen molar-refractivity contribution >= 4 is 0 Å². The molecule has 0 spiro atoms. The van der Waals surface area contributed by atoms with Gasteiger partial charge >= 0.3 is 6.11 Å². The van der Waals surface area contributed by atoms with Crippen LogP contribution in [-0.2, 0) is 17.3 Å². The molecule has 41 heavy (non-hydrogen) atoms. The maximum absolute atomic E-state index is 15.1. The monoisotopic (exact) mass is 566 g/mol. The lowest BCUT2D eigenvalue weighted by molar-refractivity contribution is -0.279. The number of aryl methyl sites for hydroxylation is 1. The number of hydrogen-bond acceptors (Lipinski definition) is 1. The minimum Gasteiger partial charge on any atom is -0.313 e. The van der Waals surface area contributed by atoms with Gasteiger partial charge in [0.15, 0.2) is 0 Å². The summed E-state index contributed by atoms with van der Waals surface area (Å²) in [6.07, 6.45) is 7.53. The molecule has 220 valence electrons. The summed E-state index contributed by atoms with van der Waals surface area (Å²) >= 11 is 0. The Hall–Kier alpha value is -2.66. The van der Waals surface area contributed by atoms with E-state index in [0.29, 0.717) is 36.2 Å². The SMILES string of the molecule is CCCCCc1ccc(-c2ccc(C(F)(F)OC3CCC(C4CCC(c5ccc(F)cc5)CC4)CC3)c(F)c2)cc1. The normalized spacial score (nSPS) is 23.4. The van der Waals surface area contributed by atoms with Gasteiger partial charge in [0.05, 0.1) is 11.7 Å². The maximum atomic E-state index is 15.1. The van der Waals surface area contributed by atoms with Crippen LogP contribution in [0.2, 0.25) is 0 Å². The van der Waals surface area contributed by atoms with Crippen LogP contribution in [-0.4, -0.2) is 6.10 Å². The van der Waals surface area contributed by atoms with E-state index in [1.807, 2.05) is 36.4 Å². The zero-order chi connectivity index (χ0) is 28.8. The van der Waals surface area contributed by atoms with Crippen molar-refractivity contribution in [1.82, 2.24) is 0 Å². The van der Waals surface area contributed by atoms with Crippen LogP contribution in [0.4, 0.5) is 17.6 Å². The topological polar surface area (TPSA) is 9.23 Å². The molecule has 0 aliphatic heterocycles. The zero-order valence-electron chi connectivity index (χ0n) is 24.1. The molecule has 0 atom stereocenters. The standard InChI is InChI=1S/C36H42F4O/c1-2-3-4-5-25-6-8-30(9-7-25)31-18-23-34(35(38)24-31)36(39,40)41-33-21-16-29(17-22-33)27-12-10-26(11-13-27)28-14-19-32(37)20-15-28/h6-9,14-15,18-20,23-24,26-27,29,33H,2-5,10-13,16-17,21-22H2,1H3. The minimum atomic E-state index is -3.67. The molecule has 1 nitrogen and oxygen atoms in total. The Balaban J connectivity index is 1.11. The van der Waals surface area contributed by atoms with Crippen LogP contribution in [0.5, 0.6) is 0 Å². The van der Waals surface area contributed by atoms with Crippen molar-refractivity contribution in [3.05, 3.63) is 95.1 Å². The second-order valence-corrected chi connectivity index (χ2v) is 12.2. The Kier molecular flexibility index (Phi) is 9.85. The summed E-state index contributed by atoms with van der Waals surface area (Å²) in [5.41, 5.74) is 3.13. The van der Waals surface area contributed by atoms with E-state index in [9.17, 15) is 8.78 Å². The molecule has 0 aromatic heterocycles. The highest BCUT2D eigenvalue weighted by Crippen LogP contribution is 2.45. The number of benzene rings is 3. The third kappa shape index (κ3) is 7.60. The lowest BCUT2D eigenvalue weighted by Gasteiger charge is -2.38. The van der Waals surface area contributed by atoms with Gasteiger partial charge in [0.25, 0.3) is 0 Å². The van der Waals surface area contributed by atoms with Gasteiger partial charge in [-0.1, -0.05) is 62.2 Å². The lowest BCUT2D eigenvalue weighted by Crippen LogP contribution is -2.32. The van der Waals surface area contributed by atoms with Crippen LogP contribution in [0, 0.1) is 23.5 Å². The van der Waals surface area contributed by atoms with Gasteiger partial charge in [0.2, 0.25) is 0 Å². The van der Waals surface area contributed by atoms with E-state index in [2.05, 4.69) is 6.92 Å². The lowest BCUT2D eigenvalue weighted by atomic mass is 9.69. The van der Waals surface area contributed by atoms with Crippen molar-refractivity contribution in [2.45, 2.75) is 102 Å². The molecule has 2 aliphatic rings. The molecular weight excluding hydrogens is 524 g/mol. The summed E-state index contributed by atoms with van der Waals surface area (Å²) in [6, 6.07) is 18.7. The fraction of sp³-hybridized carbons (Fsp3) is 0.500. The first-order valence-electron chi connectivity index (χ1n) is 15.5. The van der Waals surface area contributed by atoms with Gasteiger partial charge in [-0.25, -0.2) is 8.78 Å². The number of halogens is 4. The van der Waals surface area contributed by atoms with Crippen molar-refractivity contribution in [3.63, 3.8) is 0 Å². The molecule has 2 fully saturated rings. The molecule has 0 radical (unpaired) electrons. The van der Waals surface area contributed by atoms with Gasteiger partial charge in [-0.05, 0) is 128 Å². The van der Waals surface area contributed by atoms with E-state index in [1.165, 1.54) is 48.2 Å². The number of alkyl halides is 2. The van der Waals surface area contributed by atoms with E-state index >= 15 is 8.78 Å². The highest BCUT2D eigenvalue weighted by atomic mass is 19.3. The fourth-order valence-electron chi connectivity index (χ4n) is 6.98. The fourth-order valence-corrected chi connectivity index (χ4v) is 6.98. The van der Waals surface area contributed by atoms with Gasteiger partial charge < -0.3 is 4.74 Å². The van der Waals surface area contributed by atoms with E-state index < -0.39 is 23.6 Å². The van der Waals surface area contributed by atoms with Gasteiger partial charge in [0.1, 0.15) is 11.6 Å². The average Bonchev–Trinajstić information content (AvgIpc) is 2.98. The molecule has 0 amide bonds. The molecule has 2 saturated carbocycles. The first kappa shape index (κ1) is 29.8. The van der Waals surface area contributed by atoms with Crippen LogP contribution in [0.3, 0.4) is 0 Å². The van der Waals surface area contributed by atoms with Gasteiger partial charge in [-0.2, -0.15) is 8.78 Å². The largest absolute Gasteiger partial charge is 0.386 e. The molecule has 0 bridgehead atoms. The zero-order valence-corrected chi connectivity index (χ0v) is 24.1. The summed E-state index contributed by atoms with van der Waals surface area (Å²) in [5.74, 6) is 0.452. The predicted molar refractivity (Wildman–Crippen MR) is 157 cm³/mol. The highest BCUT2D eigenvalue weighted by molar-refractivity contribution is 5.64. The van der Waals surface area contributed by atoms with E-state index in [4.69, 9.17) is 4.74 Å². The Morgan fingerprint density at radius 1 is 0.707 bits per heavy atom. The molecular formula is C36H42F4O. The van der Waals surface area contributed by atoms with Gasteiger partial charge in [-0.15, -0.1) is 0 Å². The third-order valence-corrected chi connectivity index (χ3v) is 9.45. The molecule has 0 unspecified atom stereocenters. The minimum absolute atomic E-state index is 0.203. The van der Waals surface area contributed by atoms with Crippen LogP contribution < -0.4 is 0 Å². The number of ether oxygens (including phenoxy) is 1. The smallest absolute Gasteiger partial charge is 0.313 e. The maximum Gasteiger partial charge on any atom is 0.386 e. The molecule has 3 aromatic rings. The van der Waals surface area contributed by atoms with Crippen molar-refractivity contribution in [3.8, 4) is 11.1 Å². The van der Waals surface area contributed by atoms with Crippen molar-refractivity contribution in [2.75, 3.05) is 0 Å². The molecule has 0 saturated heterocycles. The molecule has 0 heterocycles. The molecule has 5 rings (SSSR count). The van der Waals surface area contributed by atoms with Crippen molar-refractivity contribution in [1.29, 1.82) is 0 Å². The van der Waals surface area contributed by atoms with E-state index in [0.717, 1.165) is 56.9 Å². The molecule has 5 heteroatoms. The van der Waals surface area contributed by atoms with Crippen LogP contribution in [0.25, 0.3) is 11.1 Å². The van der Waals surface area contributed by atoms with Crippen molar-refractivity contribution < 1.29 is 22.3 Å². The molecule has 3 aromatic carbocycles. The number of rotatable bonds is 10. The summed E-state index contributed by atoms with van der Waals surface area (Å²) in [5, 5.41) is 0. The van der Waals surface area contributed by atoms with E-state index in [1.54, 1.807) is 6.07 Å². The van der Waals surface area contributed by atoms with Gasteiger partial charge in [0, 0.05) is 0 Å². The summed E-state index contributed by atoms with van der Waals surface area (Å²) in [6.45, 7) is 2.17. The second-order valence-electron chi connectivity index (χ2n) is 12.2. The first-order chi connectivity index (χ1) is 19.8. The number of hydrogen-bond donors (Lipinski definition) is 0. The summed E-state index contributed by atoms with van der Waals surface area (Å²) in [7, 11) is 0. The predicted octanol–water partition coefficient (Wildman–Crippen LogP) is 11.0. The Bertz CT molecular complexity index is 1240. The average molecular weight is 567 g/mol. The van der Waals surface area contributed by atoms with Crippen LogP contribution >= 0.6 is 0 Å². The van der Waals surface area contributed by atoms with Crippen molar-refractivity contribution in [2.24, 2.45) is 11.8 Å². The number of unbranched alkanes of at least 4 members (excludes halogenated alkanes) is 2.